The van der Waals surface area contributed by atoms with E-state index in [2.05, 4.69) is 40.2 Å². The highest BCUT2D eigenvalue weighted by molar-refractivity contribution is 9.11. The van der Waals surface area contributed by atoms with E-state index in [-0.39, 0.29) is 23.6 Å². The Morgan fingerprint density at radius 2 is 2.12 bits per heavy atom. The number of fused-ring (bicyclic) bond motifs is 5. The molecule has 2 bridgehead atoms. The molecule has 0 saturated heterocycles. The van der Waals surface area contributed by atoms with Gasteiger partial charge in [-0.05, 0) is 88.5 Å². The average molecular weight is 534 g/mol. The Hall–Kier alpha value is -1.80. The Bertz CT molecular complexity index is 1180. The molecule has 0 spiro atoms. The summed E-state index contributed by atoms with van der Waals surface area (Å²) in [6.45, 7) is 5.37. The summed E-state index contributed by atoms with van der Waals surface area (Å²) in [6, 6.07) is 5.28. The first kappa shape index (κ1) is 21.7. The number of rotatable bonds is 4. The number of nitrogens with one attached hydrogen (secondary N) is 1. The zero-order valence-electron chi connectivity index (χ0n) is 18.6. The van der Waals surface area contributed by atoms with Crippen molar-refractivity contribution in [3.63, 3.8) is 0 Å². The van der Waals surface area contributed by atoms with Gasteiger partial charge in [0.1, 0.15) is 11.5 Å². The van der Waals surface area contributed by atoms with E-state index < -0.39 is 11.6 Å². The summed E-state index contributed by atoms with van der Waals surface area (Å²) in [7, 11) is 0. The molecule has 8 heteroatoms. The van der Waals surface area contributed by atoms with Crippen LogP contribution in [0.3, 0.4) is 0 Å². The van der Waals surface area contributed by atoms with Crippen molar-refractivity contribution in [1.82, 2.24) is 5.32 Å². The molecular formula is C25H26BrF2N3OS. The molecule has 5 unspecified atom stereocenters. The van der Waals surface area contributed by atoms with Gasteiger partial charge in [0.25, 0.3) is 5.91 Å². The number of carbonyl (C=O) groups excluding carboxylic acids is 1. The number of halogens is 3. The number of amides is 1. The van der Waals surface area contributed by atoms with Gasteiger partial charge in [-0.25, -0.2) is 8.78 Å². The fourth-order valence-electron chi connectivity index (χ4n) is 6.75. The van der Waals surface area contributed by atoms with Crippen molar-refractivity contribution in [3.8, 4) is 0 Å². The van der Waals surface area contributed by atoms with Crippen molar-refractivity contribution in [1.29, 1.82) is 0 Å². The lowest BCUT2D eigenvalue weighted by atomic mass is 9.45. The van der Waals surface area contributed by atoms with Gasteiger partial charge in [0.05, 0.1) is 15.5 Å². The maximum atomic E-state index is 14.7. The minimum absolute atomic E-state index is 0.139. The molecule has 1 N–H and O–H groups in total. The van der Waals surface area contributed by atoms with E-state index >= 15 is 0 Å². The summed E-state index contributed by atoms with van der Waals surface area (Å²) in [4.78, 5) is 14.5. The zero-order valence-corrected chi connectivity index (χ0v) is 21.0. The maximum Gasteiger partial charge on any atom is 0.267 e. The molecule has 1 aromatic heterocycles. The highest BCUT2D eigenvalue weighted by atomic mass is 79.9. The number of thiophene rings is 1. The van der Waals surface area contributed by atoms with E-state index in [4.69, 9.17) is 0 Å². The van der Waals surface area contributed by atoms with Gasteiger partial charge in [-0.2, -0.15) is 5.10 Å². The number of nitrogens with zero attached hydrogens (tertiary/aromatic N) is 2. The van der Waals surface area contributed by atoms with Crippen molar-refractivity contribution in [2.24, 2.45) is 34.2 Å². The van der Waals surface area contributed by atoms with E-state index in [1.165, 1.54) is 29.9 Å². The number of benzene rings is 1. The van der Waals surface area contributed by atoms with Gasteiger partial charge in [-0.3, -0.25) is 9.80 Å². The largest absolute Gasteiger partial charge is 0.351 e. The highest BCUT2D eigenvalue weighted by Gasteiger charge is 2.54. The van der Waals surface area contributed by atoms with Gasteiger partial charge in [0.15, 0.2) is 5.82 Å². The van der Waals surface area contributed by atoms with E-state index in [0.717, 1.165) is 27.8 Å². The monoisotopic (exact) mass is 533 g/mol. The molecule has 5 aliphatic rings. The highest BCUT2D eigenvalue weighted by Crippen LogP contribution is 2.61. The van der Waals surface area contributed by atoms with Gasteiger partial charge >= 0.3 is 0 Å². The van der Waals surface area contributed by atoms with Gasteiger partial charge in [-0.15, -0.1) is 11.3 Å². The summed E-state index contributed by atoms with van der Waals surface area (Å²) in [5, 5.41) is 9.38. The van der Waals surface area contributed by atoms with Crippen LogP contribution >= 0.6 is 27.3 Å². The number of carbonyl (C=O) groups is 1. The second-order valence-electron chi connectivity index (χ2n) is 10.5. The number of hydrogen-bond acceptors (Lipinski definition) is 4. The van der Waals surface area contributed by atoms with Crippen molar-refractivity contribution in [3.05, 3.63) is 50.1 Å². The molecule has 4 nitrogen and oxygen atoms in total. The normalized spacial score (nSPS) is 31.0. The van der Waals surface area contributed by atoms with Crippen LogP contribution < -0.4 is 10.3 Å². The summed E-state index contributed by atoms with van der Waals surface area (Å²) in [5.74, 6) is 0.376. The predicted octanol–water partition coefficient (Wildman–Crippen LogP) is 6.07. The van der Waals surface area contributed by atoms with Crippen LogP contribution in [-0.4, -0.2) is 18.2 Å². The lowest BCUT2D eigenvalue weighted by Gasteiger charge is -2.60. The van der Waals surface area contributed by atoms with E-state index in [9.17, 15) is 13.6 Å². The molecule has 2 heterocycles. The van der Waals surface area contributed by atoms with Crippen LogP contribution in [0.2, 0.25) is 0 Å². The Kier molecular flexibility index (Phi) is 5.00. The second kappa shape index (κ2) is 7.60. The predicted molar refractivity (Wildman–Crippen MR) is 129 cm³/mol. The molecule has 4 aliphatic carbocycles. The summed E-state index contributed by atoms with van der Waals surface area (Å²) < 4.78 is 29.3. The number of anilines is 1. The van der Waals surface area contributed by atoms with E-state index in [1.54, 1.807) is 16.3 Å². The molecule has 2 aromatic rings. The topological polar surface area (TPSA) is 44.7 Å². The fraction of sp³-hybridized carbons (Fsp3) is 0.520. The quantitative estimate of drug-likeness (QED) is 0.518. The first-order valence-corrected chi connectivity index (χ1v) is 13.2. The van der Waals surface area contributed by atoms with Crippen LogP contribution in [-0.2, 0) is 11.2 Å². The molecule has 7 rings (SSSR count). The molecule has 1 aromatic carbocycles. The van der Waals surface area contributed by atoms with Crippen LogP contribution in [0.25, 0.3) is 0 Å². The lowest BCUT2D eigenvalue weighted by Crippen LogP contribution is -2.55. The van der Waals surface area contributed by atoms with Crippen LogP contribution in [0.1, 0.15) is 49.6 Å². The maximum absolute atomic E-state index is 14.7. The third-order valence-electron chi connectivity index (χ3n) is 8.66. The van der Waals surface area contributed by atoms with Crippen LogP contribution in [0, 0.1) is 40.7 Å². The minimum atomic E-state index is -0.675. The fourth-order valence-corrected chi connectivity index (χ4v) is 8.57. The Morgan fingerprint density at radius 1 is 1.30 bits per heavy atom. The lowest BCUT2D eigenvalue weighted by molar-refractivity contribution is -0.119. The summed E-state index contributed by atoms with van der Waals surface area (Å²) in [5.41, 5.74) is 2.07. The Labute approximate surface area is 204 Å². The number of hydrazone groups is 1. The molecular weight excluding hydrogens is 508 g/mol. The molecule has 174 valence electrons. The van der Waals surface area contributed by atoms with E-state index in [1.807, 2.05) is 6.07 Å². The van der Waals surface area contributed by atoms with Crippen molar-refractivity contribution >= 4 is 44.6 Å². The zero-order chi connectivity index (χ0) is 23.1. The summed E-state index contributed by atoms with van der Waals surface area (Å²) in [6.07, 6.45) is 4.37. The SMILES string of the molecule is CC1(C)C2CCC(CNC(=O)C3=NN(c4ccc(F)cc4F)C4c5cc(Br)sc5CC34)C1C2. The molecule has 5 atom stereocenters. The van der Waals surface area contributed by atoms with Crippen molar-refractivity contribution < 1.29 is 13.6 Å². The molecule has 1 amide bonds. The van der Waals surface area contributed by atoms with E-state index in [0.29, 0.717) is 35.9 Å². The molecule has 3 fully saturated rings. The molecule has 0 radical (unpaired) electrons. The van der Waals surface area contributed by atoms with Crippen molar-refractivity contribution in [2.45, 2.75) is 45.6 Å². The van der Waals surface area contributed by atoms with Crippen LogP contribution in [0.5, 0.6) is 0 Å². The molecule has 1 aliphatic heterocycles. The Morgan fingerprint density at radius 3 is 2.85 bits per heavy atom. The minimum Gasteiger partial charge on any atom is -0.351 e. The first-order valence-electron chi connectivity index (χ1n) is 11.6. The van der Waals surface area contributed by atoms with Gasteiger partial charge in [0, 0.05) is 23.4 Å². The first-order chi connectivity index (χ1) is 15.7. The average Bonchev–Trinajstić information content (AvgIpc) is 3.41. The van der Waals surface area contributed by atoms with Gasteiger partial charge < -0.3 is 5.32 Å². The summed E-state index contributed by atoms with van der Waals surface area (Å²) >= 11 is 5.19. The third kappa shape index (κ3) is 3.31. The Balaban J connectivity index is 1.26. The third-order valence-corrected chi connectivity index (χ3v) is 10.3. The van der Waals surface area contributed by atoms with Crippen molar-refractivity contribution in [2.75, 3.05) is 11.6 Å². The number of hydrogen-bond donors (Lipinski definition) is 1. The van der Waals surface area contributed by atoms with Gasteiger partial charge in [-0.1, -0.05) is 13.8 Å². The van der Waals surface area contributed by atoms with Crippen LogP contribution in [0.15, 0.2) is 33.2 Å². The molecule has 33 heavy (non-hydrogen) atoms. The standard InChI is InChI=1S/C25H26BrF2N3OS/c1-25(2)13-4-3-12(17(25)7-13)11-29-24(32)22-16-9-20-15(10-21(26)33-20)23(16)31(30-22)19-6-5-14(27)8-18(19)28/h5-6,8,10,12-13,16-17,23H,3-4,7,9,11H2,1-2H3,(H,29,32). The second-order valence-corrected chi connectivity index (χ2v) is 13.0. The molecule has 3 saturated carbocycles. The van der Waals surface area contributed by atoms with Gasteiger partial charge in [0.2, 0.25) is 0 Å². The van der Waals surface area contributed by atoms with Crippen LogP contribution in [0.4, 0.5) is 14.5 Å². The smallest absolute Gasteiger partial charge is 0.267 e.